The third-order valence-corrected chi connectivity index (χ3v) is 3.88. The standard InChI is InChI=1S/C13H16ClFO/c14-8-11-4-3-10(13(11)16)7-9-1-5-12(15)6-2-9/h1-2,5-6,10-11,13,16H,3-4,7-8H2. The Kier molecular flexibility index (Phi) is 3.82. The van der Waals surface area contributed by atoms with Crippen molar-refractivity contribution in [3.63, 3.8) is 0 Å². The van der Waals surface area contributed by atoms with Gasteiger partial charge in [0.05, 0.1) is 6.10 Å². The van der Waals surface area contributed by atoms with Crippen molar-refractivity contribution in [2.75, 3.05) is 5.88 Å². The molecule has 0 saturated heterocycles. The highest BCUT2D eigenvalue weighted by atomic mass is 35.5. The highest BCUT2D eigenvalue weighted by molar-refractivity contribution is 6.18. The maximum absolute atomic E-state index is 12.7. The molecule has 0 radical (unpaired) electrons. The van der Waals surface area contributed by atoms with Crippen molar-refractivity contribution < 1.29 is 9.50 Å². The van der Waals surface area contributed by atoms with Crippen LogP contribution in [-0.2, 0) is 6.42 Å². The van der Waals surface area contributed by atoms with Crippen molar-refractivity contribution in [1.82, 2.24) is 0 Å². The number of rotatable bonds is 3. The molecular weight excluding hydrogens is 227 g/mol. The SMILES string of the molecule is OC1C(CCl)CCC1Cc1ccc(F)cc1. The molecule has 0 aliphatic heterocycles. The van der Waals surface area contributed by atoms with E-state index in [4.69, 9.17) is 11.6 Å². The molecule has 1 aliphatic rings. The minimum absolute atomic E-state index is 0.214. The molecule has 1 nitrogen and oxygen atoms in total. The van der Waals surface area contributed by atoms with Crippen LogP contribution in [0.15, 0.2) is 24.3 Å². The van der Waals surface area contributed by atoms with Crippen LogP contribution in [0.1, 0.15) is 18.4 Å². The Morgan fingerprint density at radius 1 is 1.19 bits per heavy atom. The molecule has 1 saturated carbocycles. The number of alkyl halides is 1. The zero-order valence-electron chi connectivity index (χ0n) is 9.07. The van der Waals surface area contributed by atoms with Crippen LogP contribution in [0.3, 0.4) is 0 Å². The van der Waals surface area contributed by atoms with E-state index in [1.165, 1.54) is 12.1 Å². The first-order chi connectivity index (χ1) is 7.70. The third kappa shape index (κ3) is 2.55. The average molecular weight is 243 g/mol. The molecule has 1 aromatic rings. The van der Waals surface area contributed by atoms with Gasteiger partial charge in [-0.05, 0) is 48.8 Å². The van der Waals surface area contributed by atoms with Crippen LogP contribution in [0.2, 0.25) is 0 Å². The Morgan fingerprint density at radius 2 is 1.81 bits per heavy atom. The number of aliphatic hydroxyl groups is 1. The van der Waals surface area contributed by atoms with E-state index in [-0.39, 0.29) is 23.8 Å². The van der Waals surface area contributed by atoms with E-state index < -0.39 is 0 Å². The summed E-state index contributed by atoms with van der Waals surface area (Å²) in [5.74, 6) is 0.817. The van der Waals surface area contributed by atoms with E-state index >= 15 is 0 Å². The fourth-order valence-electron chi connectivity index (χ4n) is 2.47. The summed E-state index contributed by atoms with van der Waals surface area (Å²) in [6.45, 7) is 0. The van der Waals surface area contributed by atoms with E-state index in [0.717, 1.165) is 24.8 Å². The van der Waals surface area contributed by atoms with E-state index in [2.05, 4.69) is 0 Å². The number of hydrogen-bond donors (Lipinski definition) is 1. The first kappa shape index (κ1) is 11.9. The summed E-state index contributed by atoms with van der Waals surface area (Å²) in [4.78, 5) is 0. The van der Waals surface area contributed by atoms with Crippen molar-refractivity contribution in [2.24, 2.45) is 11.8 Å². The van der Waals surface area contributed by atoms with Crippen LogP contribution in [0.4, 0.5) is 4.39 Å². The van der Waals surface area contributed by atoms with Crippen LogP contribution >= 0.6 is 11.6 Å². The molecule has 1 fully saturated rings. The quantitative estimate of drug-likeness (QED) is 0.808. The van der Waals surface area contributed by atoms with Crippen molar-refractivity contribution in [1.29, 1.82) is 0 Å². The molecule has 1 aliphatic carbocycles. The Hall–Kier alpha value is -0.600. The van der Waals surface area contributed by atoms with Gasteiger partial charge in [-0.25, -0.2) is 4.39 Å². The minimum atomic E-state index is -0.303. The number of aliphatic hydroxyl groups excluding tert-OH is 1. The molecule has 0 heterocycles. The highest BCUT2D eigenvalue weighted by Crippen LogP contribution is 2.34. The van der Waals surface area contributed by atoms with Crippen molar-refractivity contribution in [3.8, 4) is 0 Å². The second kappa shape index (κ2) is 5.15. The topological polar surface area (TPSA) is 20.2 Å². The number of halogens is 2. The van der Waals surface area contributed by atoms with Gasteiger partial charge in [-0.3, -0.25) is 0 Å². The number of hydrogen-bond acceptors (Lipinski definition) is 1. The molecule has 0 amide bonds. The summed E-state index contributed by atoms with van der Waals surface area (Å²) >= 11 is 5.78. The van der Waals surface area contributed by atoms with Crippen LogP contribution in [0.25, 0.3) is 0 Å². The summed E-state index contributed by atoms with van der Waals surface area (Å²) < 4.78 is 12.7. The Labute approximate surface area is 100 Å². The molecule has 0 aromatic heterocycles. The van der Waals surface area contributed by atoms with Gasteiger partial charge in [0.2, 0.25) is 0 Å². The van der Waals surface area contributed by atoms with Crippen molar-refractivity contribution in [2.45, 2.75) is 25.4 Å². The predicted molar refractivity (Wildman–Crippen MR) is 63.0 cm³/mol. The molecular formula is C13H16ClFO. The first-order valence-electron chi connectivity index (χ1n) is 5.69. The van der Waals surface area contributed by atoms with Crippen LogP contribution in [0, 0.1) is 17.7 Å². The van der Waals surface area contributed by atoms with E-state index in [1.807, 2.05) is 0 Å². The van der Waals surface area contributed by atoms with Crippen LogP contribution < -0.4 is 0 Å². The Morgan fingerprint density at radius 3 is 2.38 bits per heavy atom. The molecule has 1 aromatic carbocycles. The molecule has 0 spiro atoms. The van der Waals surface area contributed by atoms with Gasteiger partial charge in [0.15, 0.2) is 0 Å². The fraction of sp³-hybridized carbons (Fsp3) is 0.538. The zero-order chi connectivity index (χ0) is 11.5. The lowest BCUT2D eigenvalue weighted by Crippen LogP contribution is -2.23. The van der Waals surface area contributed by atoms with Gasteiger partial charge in [-0.15, -0.1) is 11.6 Å². The maximum Gasteiger partial charge on any atom is 0.123 e. The van der Waals surface area contributed by atoms with Gasteiger partial charge in [0.1, 0.15) is 5.82 Å². The monoisotopic (exact) mass is 242 g/mol. The zero-order valence-corrected chi connectivity index (χ0v) is 9.83. The molecule has 3 heteroatoms. The lowest BCUT2D eigenvalue weighted by atomic mass is 9.94. The van der Waals surface area contributed by atoms with Gasteiger partial charge >= 0.3 is 0 Å². The molecule has 0 bridgehead atoms. The van der Waals surface area contributed by atoms with Gasteiger partial charge in [0, 0.05) is 5.88 Å². The Balaban J connectivity index is 1.98. The molecule has 16 heavy (non-hydrogen) atoms. The van der Waals surface area contributed by atoms with Crippen LogP contribution in [-0.4, -0.2) is 17.1 Å². The lowest BCUT2D eigenvalue weighted by Gasteiger charge is -2.18. The summed E-state index contributed by atoms with van der Waals surface area (Å²) in [7, 11) is 0. The molecule has 88 valence electrons. The molecule has 3 atom stereocenters. The smallest absolute Gasteiger partial charge is 0.123 e. The van der Waals surface area contributed by atoms with E-state index in [0.29, 0.717) is 5.88 Å². The van der Waals surface area contributed by atoms with Gasteiger partial charge in [-0.1, -0.05) is 12.1 Å². The lowest BCUT2D eigenvalue weighted by molar-refractivity contribution is 0.0991. The average Bonchev–Trinajstić information content (AvgIpc) is 2.63. The normalized spacial score (nSPS) is 29.6. The maximum atomic E-state index is 12.7. The van der Waals surface area contributed by atoms with E-state index in [1.54, 1.807) is 12.1 Å². The predicted octanol–water partition coefficient (Wildman–Crippen LogP) is 2.99. The Bertz CT molecular complexity index is 338. The second-order valence-electron chi connectivity index (χ2n) is 4.57. The summed E-state index contributed by atoms with van der Waals surface area (Å²) in [6.07, 6.45) is 2.52. The second-order valence-corrected chi connectivity index (χ2v) is 4.88. The van der Waals surface area contributed by atoms with Crippen LogP contribution in [0.5, 0.6) is 0 Å². The summed E-state index contributed by atoms with van der Waals surface area (Å²) in [5.41, 5.74) is 1.08. The fourth-order valence-corrected chi connectivity index (χ4v) is 2.81. The number of benzene rings is 1. The third-order valence-electron chi connectivity index (χ3n) is 3.48. The molecule has 3 unspecified atom stereocenters. The van der Waals surface area contributed by atoms with E-state index in [9.17, 15) is 9.50 Å². The molecule has 2 rings (SSSR count). The van der Waals surface area contributed by atoms with Crippen molar-refractivity contribution in [3.05, 3.63) is 35.6 Å². The van der Waals surface area contributed by atoms with Gasteiger partial charge in [-0.2, -0.15) is 0 Å². The van der Waals surface area contributed by atoms with Crippen molar-refractivity contribution >= 4 is 11.6 Å². The first-order valence-corrected chi connectivity index (χ1v) is 6.22. The van der Waals surface area contributed by atoms with Gasteiger partial charge < -0.3 is 5.11 Å². The molecule has 1 N–H and O–H groups in total. The largest absolute Gasteiger partial charge is 0.392 e. The minimum Gasteiger partial charge on any atom is -0.392 e. The highest BCUT2D eigenvalue weighted by Gasteiger charge is 2.33. The summed E-state index contributed by atoms with van der Waals surface area (Å²) in [5, 5.41) is 10.0. The summed E-state index contributed by atoms with van der Waals surface area (Å²) in [6, 6.07) is 6.51. The van der Waals surface area contributed by atoms with Gasteiger partial charge in [0.25, 0.3) is 0 Å².